The molecular weight excluding hydrogens is 292 g/mol. The van der Waals surface area contributed by atoms with Crippen molar-refractivity contribution >= 4 is 25.7 Å². The number of anilines is 1. The molecule has 0 unspecified atom stereocenters. The molecule has 2 rings (SSSR count). The lowest BCUT2D eigenvalue weighted by atomic mass is 10.3. The Morgan fingerprint density at radius 2 is 1.84 bits per heavy atom. The van der Waals surface area contributed by atoms with Gasteiger partial charge >= 0.3 is 0 Å². The highest BCUT2D eigenvalue weighted by Crippen LogP contribution is 2.22. The van der Waals surface area contributed by atoms with Gasteiger partial charge in [0.05, 0.1) is 18.2 Å². The van der Waals surface area contributed by atoms with Crippen molar-refractivity contribution in [3.8, 4) is 0 Å². The zero-order chi connectivity index (χ0) is 14.1. The van der Waals surface area contributed by atoms with Crippen molar-refractivity contribution in [2.45, 2.75) is 9.92 Å². The third-order valence-corrected chi connectivity index (χ3v) is 4.46. The van der Waals surface area contributed by atoms with E-state index in [9.17, 15) is 16.8 Å². The highest BCUT2D eigenvalue weighted by Gasteiger charge is 2.20. The maximum absolute atomic E-state index is 11.9. The van der Waals surface area contributed by atoms with Crippen molar-refractivity contribution in [1.82, 2.24) is 9.97 Å². The molecule has 1 aromatic heterocycles. The first-order valence-electron chi connectivity index (χ1n) is 4.94. The number of nitrogens with zero attached hydrogens (tertiary/aromatic N) is 1. The average Bonchev–Trinajstić information content (AvgIpc) is 2.81. The molecule has 0 aliphatic carbocycles. The van der Waals surface area contributed by atoms with E-state index in [-0.39, 0.29) is 15.6 Å². The van der Waals surface area contributed by atoms with Crippen molar-refractivity contribution in [3.05, 3.63) is 36.8 Å². The van der Waals surface area contributed by atoms with Crippen molar-refractivity contribution < 1.29 is 16.8 Å². The number of hydrogen-bond donors (Lipinski definition) is 3. The lowest BCUT2D eigenvalue weighted by Gasteiger charge is -2.09. The minimum Gasteiger partial charge on any atom is -0.334 e. The van der Waals surface area contributed by atoms with Gasteiger partial charge in [-0.3, -0.25) is 4.72 Å². The molecule has 0 bridgehead atoms. The number of hydrogen-bond acceptors (Lipinski definition) is 5. The summed E-state index contributed by atoms with van der Waals surface area (Å²) in [6.07, 6.45) is 2.29. The van der Waals surface area contributed by atoms with Crippen LogP contribution in [0.1, 0.15) is 0 Å². The van der Waals surface area contributed by atoms with Gasteiger partial charge in [0.25, 0.3) is 10.0 Å². The van der Waals surface area contributed by atoms with Gasteiger partial charge in [0, 0.05) is 0 Å². The van der Waals surface area contributed by atoms with E-state index in [4.69, 9.17) is 5.14 Å². The molecule has 1 aromatic carbocycles. The maximum Gasteiger partial charge on any atom is 0.279 e. The number of para-hydroxylation sites is 1. The van der Waals surface area contributed by atoms with Gasteiger partial charge in [-0.05, 0) is 12.1 Å². The summed E-state index contributed by atoms with van der Waals surface area (Å²) in [5, 5.41) is 4.83. The minimum absolute atomic E-state index is 0.125. The third kappa shape index (κ3) is 2.92. The van der Waals surface area contributed by atoms with E-state index in [1.165, 1.54) is 30.6 Å². The molecule has 2 aromatic rings. The minimum atomic E-state index is -4.03. The Balaban J connectivity index is 2.46. The van der Waals surface area contributed by atoms with Gasteiger partial charge in [0.15, 0.2) is 5.03 Å². The molecule has 1 heterocycles. The maximum atomic E-state index is 11.9. The Morgan fingerprint density at radius 1 is 1.16 bits per heavy atom. The molecule has 0 saturated heterocycles. The largest absolute Gasteiger partial charge is 0.334 e. The van der Waals surface area contributed by atoms with Crippen LogP contribution in [0.4, 0.5) is 5.69 Å². The van der Waals surface area contributed by atoms with Crippen LogP contribution in [0.25, 0.3) is 0 Å². The predicted octanol–water partition coefficient (Wildman–Crippen LogP) is -0.142. The fourth-order valence-corrected chi connectivity index (χ4v) is 3.13. The van der Waals surface area contributed by atoms with E-state index in [1.807, 2.05) is 0 Å². The van der Waals surface area contributed by atoms with Crippen LogP contribution in [0.5, 0.6) is 0 Å². The SMILES string of the molecule is NS(=O)(=O)c1ccccc1NS(=O)(=O)c1cnc[nH]1. The van der Waals surface area contributed by atoms with Crippen LogP contribution >= 0.6 is 0 Å². The van der Waals surface area contributed by atoms with Crippen LogP contribution < -0.4 is 9.86 Å². The summed E-state index contributed by atoms with van der Waals surface area (Å²) in [5.74, 6) is 0. The molecular formula is C9H10N4O4S2. The predicted molar refractivity (Wildman–Crippen MR) is 67.2 cm³/mol. The topological polar surface area (TPSA) is 135 Å². The van der Waals surface area contributed by atoms with E-state index >= 15 is 0 Å². The number of rotatable bonds is 4. The van der Waals surface area contributed by atoms with Gasteiger partial charge in [-0.15, -0.1) is 0 Å². The van der Waals surface area contributed by atoms with Crippen LogP contribution in [-0.4, -0.2) is 26.8 Å². The van der Waals surface area contributed by atoms with Crippen molar-refractivity contribution in [3.63, 3.8) is 0 Å². The fourth-order valence-electron chi connectivity index (χ4n) is 1.39. The van der Waals surface area contributed by atoms with Gasteiger partial charge in [0.2, 0.25) is 10.0 Å². The van der Waals surface area contributed by atoms with Crippen molar-refractivity contribution in [1.29, 1.82) is 0 Å². The Kier molecular flexibility index (Phi) is 3.30. The molecule has 0 amide bonds. The zero-order valence-electron chi connectivity index (χ0n) is 9.44. The summed E-state index contributed by atoms with van der Waals surface area (Å²) in [5.41, 5.74) is -0.125. The fraction of sp³-hybridized carbons (Fsp3) is 0. The average molecular weight is 302 g/mol. The molecule has 0 aliphatic heterocycles. The highest BCUT2D eigenvalue weighted by atomic mass is 32.2. The van der Waals surface area contributed by atoms with Gasteiger partial charge in [-0.25, -0.2) is 18.5 Å². The van der Waals surface area contributed by atoms with Crippen LogP contribution in [0, 0.1) is 0 Å². The number of sulfonamides is 2. The van der Waals surface area contributed by atoms with E-state index < -0.39 is 20.0 Å². The van der Waals surface area contributed by atoms with Crippen LogP contribution in [-0.2, 0) is 20.0 Å². The number of H-pyrrole nitrogens is 1. The Bertz CT molecular complexity index is 781. The van der Waals surface area contributed by atoms with E-state index in [1.54, 1.807) is 0 Å². The van der Waals surface area contributed by atoms with E-state index in [0.29, 0.717) is 0 Å². The molecule has 10 heteroatoms. The number of nitrogens with two attached hydrogens (primary N) is 1. The number of nitrogens with one attached hydrogen (secondary N) is 2. The second-order valence-electron chi connectivity index (χ2n) is 3.56. The highest BCUT2D eigenvalue weighted by molar-refractivity contribution is 7.93. The summed E-state index contributed by atoms with van der Waals surface area (Å²) in [7, 11) is -7.97. The number of imidazole rings is 1. The molecule has 0 saturated carbocycles. The van der Waals surface area contributed by atoms with Gasteiger partial charge in [-0.2, -0.15) is 8.42 Å². The second-order valence-corrected chi connectivity index (χ2v) is 6.74. The smallest absolute Gasteiger partial charge is 0.279 e. The van der Waals surface area contributed by atoms with Gasteiger partial charge in [0.1, 0.15) is 4.90 Å². The number of benzene rings is 1. The van der Waals surface area contributed by atoms with Crippen LogP contribution in [0.2, 0.25) is 0 Å². The molecule has 0 fully saturated rings. The molecule has 102 valence electrons. The molecule has 19 heavy (non-hydrogen) atoms. The molecule has 0 spiro atoms. The normalized spacial score (nSPS) is 12.3. The number of primary sulfonamides is 1. The molecule has 0 atom stereocenters. The number of aromatic amines is 1. The Labute approximate surface area is 109 Å². The second kappa shape index (κ2) is 4.64. The Morgan fingerprint density at radius 3 is 2.42 bits per heavy atom. The first-order chi connectivity index (χ1) is 8.81. The third-order valence-electron chi connectivity index (χ3n) is 2.20. The van der Waals surface area contributed by atoms with Crippen molar-refractivity contribution in [2.75, 3.05) is 4.72 Å². The number of aromatic nitrogens is 2. The first kappa shape index (κ1) is 13.5. The summed E-state index contributed by atoms with van der Waals surface area (Å²) >= 11 is 0. The van der Waals surface area contributed by atoms with Gasteiger partial charge in [-0.1, -0.05) is 12.1 Å². The quantitative estimate of drug-likeness (QED) is 0.722. The molecule has 0 aliphatic rings. The van der Waals surface area contributed by atoms with E-state index in [2.05, 4.69) is 14.7 Å². The van der Waals surface area contributed by atoms with Crippen LogP contribution in [0.15, 0.2) is 46.7 Å². The van der Waals surface area contributed by atoms with Crippen molar-refractivity contribution in [2.24, 2.45) is 5.14 Å². The summed E-state index contributed by atoms with van der Waals surface area (Å²) in [6.45, 7) is 0. The summed E-state index contributed by atoms with van der Waals surface area (Å²) in [6, 6.07) is 5.43. The zero-order valence-corrected chi connectivity index (χ0v) is 11.1. The summed E-state index contributed by atoms with van der Waals surface area (Å²) in [4.78, 5) is 5.69. The standard InChI is InChI=1S/C9H10N4O4S2/c10-18(14,15)8-4-2-1-3-7(8)13-19(16,17)9-5-11-6-12-9/h1-6,13H,(H,11,12)(H2,10,14,15). The van der Waals surface area contributed by atoms with Crippen LogP contribution in [0.3, 0.4) is 0 Å². The first-order valence-corrected chi connectivity index (χ1v) is 7.97. The lowest BCUT2D eigenvalue weighted by molar-refractivity contribution is 0.597. The molecule has 8 nitrogen and oxygen atoms in total. The van der Waals surface area contributed by atoms with E-state index in [0.717, 1.165) is 6.20 Å². The molecule has 0 radical (unpaired) electrons. The molecule has 4 N–H and O–H groups in total. The lowest BCUT2D eigenvalue weighted by Crippen LogP contribution is -2.18. The van der Waals surface area contributed by atoms with Gasteiger partial charge < -0.3 is 4.98 Å². The summed E-state index contributed by atoms with van der Waals surface area (Å²) < 4.78 is 48.7. The monoisotopic (exact) mass is 302 g/mol. The Hall–Kier alpha value is -1.91.